The number of hydrogen-bond acceptors (Lipinski definition) is 3. The summed E-state index contributed by atoms with van der Waals surface area (Å²) in [5.74, 6) is -0.760. The fourth-order valence-corrected chi connectivity index (χ4v) is 3.63. The highest BCUT2D eigenvalue weighted by Gasteiger charge is 2.53. The third-order valence-electron chi connectivity index (χ3n) is 4.91. The Morgan fingerprint density at radius 2 is 1.87 bits per heavy atom. The summed E-state index contributed by atoms with van der Waals surface area (Å²) in [6.07, 6.45) is 3.21. The SMILES string of the molecule is CC1CCC2(CC1)OC[C@@H](C(=O)O)N2C(=O)c1ccc(Cl)cc1. The Hall–Kier alpha value is -1.59. The molecule has 2 aliphatic rings. The van der Waals surface area contributed by atoms with E-state index in [-0.39, 0.29) is 12.5 Å². The number of halogens is 1. The molecule has 124 valence electrons. The van der Waals surface area contributed by atoms with E-state index in [4.69, 9.17) is 16.3 Å². The van der Waals surface area contributed by atoms with Crippen molar-refractivity contribution in [1.82, 2.24) is 4.90 Å². The number of carboxylic acids is 1. The minimum Gasteiger partial charge on any atom is -0.480 e. The van der Waals surface area contributed by atoms with E-state index in [1.165, 1.54) is 4.90 Å². The Morgan fingerprint density at radius 3 is 2.43 bits per heavy atom. The molecule has 0 radical (unpaired) electrons. The first-order chi connectivity index (χ1) is 10.9. The maximum absolute atomic E-state index is 13.0. The Labute approximate surface area is 140 Å². The van der Waals surface area contributed by atoms with Crippen LogP contribution >= 0.6 is 11.6 Å². The number of carbonyl (C=O) groups is 2. The standard InChI is InChI=1S/C17H20ClNO4/c1-11-6-8-17(9-7-11)19(14(10-23-17)16(21)22)15(20)12-2-4-13(18)5-3-12/h2-5,11,14H,6-10H2,1H3,(H,21,22)/t11?,14-,17?/m0/s1. The molecule has 3 rings (SSSR count). The second-order valence-electron chi connectivity index (χ2n) is 6.48. The molecule has 1 saturated carbocycles. The number of carbonyl (C=O) groups excluding carboxylic acids is 1. The van der Waals surface area contributed by atoms with Crippen molar-refractivity contribution < 1.29 is 19.4 Å². The lowest BCUT2D eigenvalue weighted by atomic mass is 9.83. The van der Waals surface area contributed by atoms with Crippen molar-refractivity contribution in [3.8, 4) is 0 Å². The molecular formula is C17H20ClNO4. The lowest BCUT2D eigenvalue weighted by molar-refractivity contribution is -0.143. The minimum absolute atomic E-state index is 0.0447. The van der Waals surface area contributed by atoms with Gasteiger partial charge in [0.25, 0.3) is 5.91 Å². The molecule has 1 aromatic carbocycles. The van der Waals surface area contributed by atoms with Crippen molar-refractivity contribution in [2.45, 2.75) is 44.4 Å². The molecule has 1 saturated heterocycles. The summed E-state index contributed by atoms with van der Waals surface area (Å²) in [4.78, 5) is 26.0. The van der Waals surface area contributed by atoms with E-state index >= 15 is 0 Å². The average Bonchev–Trinajstić information content (AvgIpc) is 2.90. The topological polar surface area (TPSA) is 66.8 Å². The summed E-state index contributed by atoms with van der Waals surface area (Å²) in [7, 11) is 0. The zero-order valence-electron chi connectivity index (χ0n) is 13.0. The maximum atomic E-state index is 13.0. The van der Waals surface area contributed by atoms with Gasteiger partial charge in [-0.2, -0.15) is 0 Å². The lowest BCUT2D eigenvalue weighted by Crippen LogP contribution is -2.55. The fourth-order valence-electron chi connectivity index (χ4n) is 3.50. The van der Waals surface area contributed by atoms with Crippen molar-refractivity contribution in [3.05, 3.63) is 34.9 Å². The highest BCUT2D eigenvalue weighted by atomic mass is 35.5. The summed E-state index contributed by atoms with van der Waals surface area (Å²) in [6, 6.07) is 5.59. The van der Waals surface area contributed by atoms with Gasteiger partial charge in [0, 0.05) is 10.6 Å². The zero-order valence-corrected chi connectivity index (χ0v) is 13.8. The van der Waals surface area contributed by atoms with Crippen LogP contribution < -0.4 is 0 Å². The first-order valence-electron chi connectivity index (χ1n) is 7.89. The van der Waals surface area contributed by atoms with E-state index in [9.17, 15) is 14.7 Å². The Morgan fingerprint density at radius 1 is 1.26 bits per heavy atom. The van der Waals surface area contributed by atoms with Gasteiger partial charge in [0.2, 0.25) is 0 Å². The molecule has 2 fully saturated rings. The van der Waals surface area contributed by atoms with Crippen LogP contribution in [0, 0.1) is 5.92 Å². The molecule has 0 aromatic heterocycles. The summed E-state index contributed by atoms with van der Waals surface area (Å²) < 4.78 is 5.88. The van der Waals surface area contributed by atoms with E-state index in [2.05, 4.69) is 6.92 Å². The highest BCUT2D eigenvalue weighted by molar-refractivity contribution is 6.30. The van der Waals surface area contributed by atoms with E-state index in [1.54, 1.807) is 24.3 Å². The van der Waals surface area contributed by atoms with E-state index < -0.39 is 17.7 Å². The maximum Gasteiger partial charge on any atom is 0.328 e. The van der Waals surface area contributed by atoms with Crippen LogP contribution in [0.5, 0.6) is 0 Å². The molecule has 5 nitrogen and oxygen atoms in total. The quantitative estimate of drug-likeness (QED) is 0.900. The average molecular weight is 338 g/mol. The summed E-state index contributed by atoms with van der Waals surface area (Å²) >= 11 is 5.87. The number of ether oxygens (including phenoxy) is 1. The van der Waals surface area contributed by atoms with Crippen LogP contribution in [0.2, 0.25) is 5.02 Å². The molecule has 1 N–H and O–H groups in total. The lowest BCUT2D eigenvalue weighted by Gasteiger charge is -2.42. The fraction of sp³-hybridized carbons (Fsp3) is 0.529. The first-order valence-corrected chi connectivity index (χ1v) is 8.27. The highest BCUT2D eigenvalue weighted by Crippen LogP contribution is 2.43. The Kier molecular flexibility index (Phi) is 4.34. The van der Waals surface area contributed by atoms with E-state index in [0.717, 1.165) is 12.8 Å². The van der Waals surface area contributed by atoms with Gasteiger partial charge in [-0.15, -0.1) is 0 Å². The third kappa shape index (κ3) is 2.95. The largest absolute Gasteiger partial charge is 0.480 e. The van der Waals surface area contributed by atoms with Crippen LogP contribution in [0.15, 0.2) is 24.3 Å². The summed E-state index contributed by atoms with van der Waals surface area (Å²) in [5.41, 5.74) is -0.351. The van der Waals surface area contributed by atoms with Crippen LogP contribution in [0.1, 0.15) is 43.0 Å². The first kappa shape index (κ1) is 16.3. The third-order valence-corrected chi connectivity index (χ3v) is 5.16. The zero-order chi connectivity index (χ0) is 16.6. The number of rotatable bonds is 2. The molecule has 1 spiro atoms. The summed E-state index contributed by atoms with van der Waals surface area (Å²) in [5, 5.41) is 10.0. The van der Waals surface area contributed by atoms with Crippen LogP contribution in [-0.2, 0) is 9.53 Å². The molecule has 23 heavy (non-hydrogen) atoms. The second-order valence-corrected chi connectivity index (χ2v) is 6.91. The predicted octanol–water partition coefficient (Wildman–Crippen LogP) is 3.17. The van der Waals surface area contributed by atoms with Gasteiger partial charge in [0.05, 0.1) is 6.61 Å². The molecule has 1 amide bonds. The van der Waals surface area contributed by atoms with Gasteiger partial charge in [-0.25, -0.2) is 4.79 Å². The van der Waals surface area contributed by atoms with E-state index in [1.807, 2.05) is 0 Å². The van der Waals surface area contributed by atoms with Gasteiger partial charge < -0.3 is 9.84 Å². The van der Waals surface area contributed by atoms with E-state index in [0.29, 0.717) is 29.3 Å². The number of carboxylic acid groups (broad SMARTS) is 1. The van der Waals surface area contributed by atoms with Crippen molar-refractivity contribution in [2.75, 3.05) is 6.61 Å². The molecular weight excluding hydrogens is 318 g/mol. The van der Waals surface area contributed by atoms with Crippen molar-refractivity contribution in [1.29, 1.82) is 0 Å². The molecule has 0 bridgehead atoms. The van der Waals surface area contributed by atoms with Gasteiger partial charge in [0.15, 0.2) is 6.04 Å². The second kappa shape index (κ2) is 6.13. The van der Waals surface area contributed by atoms with Gasteiger partial charge >= 0.3 is 5.97 Å². The minimum atomic E-state index is -1.03. The molecule has 1 atom stereocenters. The smallest absolute Gasteiger partial charge is 0.328 e. The van der Waals surface area contributed by atoms with Crippen LogP contribution in [0.3, 0.4) is 0 Å². The van der Waals surface area contributed by atoms with Crippen LogP contribution in [0.25, 0.3) is 0 Å². The van der Waals surface area contributed by atoms with Crippen LogP contribution in [-0.4, -0.2) is 40.3 Å². The monoisotopic (exact) mass is 337 g/mol. The van der Waals surface area contributed by atoms with Crippen molar-refractivity contribution in [3.63, 3.8) is 0 Å². The molecule has 1 aliphatic carbocycles. The molecule has 1 aliphatic heterocycles. The number of hydrogen-bond donors (Lipinski definition) is 1. The molecule has 1 aromatic rings. The Bertz CT molecular complexity index is 608. The number of nitrogens with zero attached hydrogens (tertiary/aromatic N) is 1. The number of amides is 1. The van der Waals surface area contributed by atoms with Gasteiger partial charge in [-0.3, -0.25) is 9.69 Å². The van der Waals surface area contributed by atoms with Crippen LogP contribution in [0.4, 0.5) is 0 Å². The summed E-state index contributed by atoms with van der Waals surface area (Å²) in [6.45, 7) is 2.21. The number of benzene rings is 1. The molecule has 1 heterocycles. The predicted molar refractivity (Wildman–Crippen MR) is 85.4 cm³/mol. The van der Waals surface area contributed by atoms with Crippen molar-refractivity contribution >= 4 is 23.5 Å². The molecule has 6 heteroatoms. The van der Waals surface area contributed by atoms with Crippen molar-refractivity contribution in [2.24, 2.45) is 5.92 Å². The van der Waals surface area contributed by atoms with Gasteiger partial charge in [-0.1, -0.05) is 18.5 Å². The number of aliphatic carboxylic acids is 1. The normalized spacial score (nSPS) is 30.6. The Balaban J connectivity index is 1.94. The molecule has 0 unspecified atom stereocenters. The van der Waals surface area contributed by atoms with Gasteiger partial charge in [0.1, 0.15) is 5.72 Å². The van der Waals surface area contributed by atoms with Gasteiger partial charge in [-0.05, 0) is 55.9 Å².